The molecule has 0 atom stereocenters. The maximum Gasteiger partial charge on any atom is 0.127 e. The Bertz CT molecular complexity index is 384. The average molecular weight is 260 g/mol. The van der Waals surface area contributed by atoms with E-state index in [4.69, 9.17) is 0 Å². The fraction of sp³-hybridized carbons (Fsp3) is 0.647. The van der Waals surface area contributed by atoms with Crippen molar-refractivity contribution in [3.63, 3.8) is 0 Å². The van der Waals surface area contributed by atoms with Crippen molar-refractivity contribution in [3.8, 4) is 0 Å². The molecule has 3 rings (SSSR count). The van der Waals surface area contributed by atoms with Gasteiger partial charge in [0.2, 0.25) is 0 Å². The van der Waals surface area contributed by atoms with Gasteiger partial charge in [-0.2, -0.15) is 0 Å². The maximum atomic E-state index is 2.30. The first-order valence-corrected chi connectivity index (χ1v) is 8.05. The summed E-state index contributed by atoms with van der Waals surface area (Å²) in [6.45, 7) is 8.90. The van der Waals surface area contributed by atoms with Gasteiger partial charge in [-0.15, -0.1) is 0 Å². The average Bonchev–Trinajstić information content (AvgIpc) is 2.96. The molecule has 0 unspecified atom stereocenters. The molecule has 2 heteroatoms. The largest absolute Gasteiger partial charge is 0.323 e. The molecule has 1 saturated carbocycles. The van der Waals surface area contributed by atoms with E-state index in [2.05, 4.69) is 31.2 Å². The van der Waals surface area contributed by atoms with Crippen molar-refractivity contribution in [2.45, 2.75) is 45.2 Å². The van der Waals surface area contributed by atoms with E-state index in [1.54, 1.807) is 4.90 Å². The molecule has 1 aliphatic carbocycles. The molecule has 0 spiro atoms. The first-order chi connectivity index (χ1) is 9.31. The van der Waals surface area contributed by atoms with Gasteiger partial charge < -0.3 is 9.80 Å². The third-order valence-electron chi connectivity index (χ3n) is 5.11. The predicted molar refractivity (Wildman–Crippen MR) is 78.5 cm³/mol. The Hall–Kier alpha value is -0.860. The Morgan fingerprint density at radius 2 is 1.58 bits per heavy atom. The SMILES string of the molecule is Cc1ccc(C[NH+]2CC[NH+](C3CCCC3)CC2)cc1. The van der Waals surface area contributed by atoms with Crippen LogP contribution in [-0.2, 0) is 6.54 Å². The van der Waals surface area contributed by atoms with Crippen LogP contribution in [0.15, 0.2) is 24.3 Å². The number of benzene rings is 1. The summed E-state index contributed by atoms with van der Waals surface area (Å²) in [5.41, 5.74) is 2.87. The van der Waals surface area contributed by atoms with Crippen LogP contribution in [0.5, 0.6) is 0 Å². The highest BCUT2D eigenvalue weighted by molar-refractivity contribution is 5.20. The summed E-state index contributed by atoms with van der Waals surface area (Å²) in [6, 6.07) is 10.1. The second-order valence-corrected chi connectivity index (χ2v) is 6.55. The lowest BCUT2D eigenvalue weighted by Gasteiger charge is -2.33. The quantitative estimate of drug-likeness (QED) is 0.769. The first kappa shape index (κ1) is 13.1. The second kappa shape index (κ2) is 6.06. The Labute approximate surface area is 117 Å². The summed E-state index contributed by atoms with van der Waals surface area (Å²) in [7, 11) is 0. The van der Waals surface area contributed by atoms with Gasteiger partial charge in [0.05, 0.1) is 6.04 Å². The van der Waals surface area contributed by atoms with Crippen molar-refractivity contribution in [2.24, 2.45) is 0 Å². The van der Waals surface area contributed by atoms with E-state index in [0.717, 1.165) is 6.04 Å². The second-order valence-electron chi connectivity index (χ2n) is 6.55. The molecule has 0 radical (unpaired) electrons. The summed E-state index contributed by atoms with van der Waals surface area (Å²) in [5.74, 6) is 0. The molecule has 0 aromatic heterocycles. The van der Waals surface area contributed by atoms with E-state index in [-0.39, 0.29) is 0 Å². The molecule has 1 aromatic carbocycles. The number of nitrogens with one attached hydrogen (secondary N) is 2. The van der Waals surface area contributed by atoms with Gasteiger partial charge in [-0.05, 0) is 32.6 Å². The Kier molecular flexibility index (Phi) is 4.19. The van der Waals surface area contributed by atoms with Crippen molar-refractivity contribution in [3.05, 3.63) is 35.4 Å². The lowest BCUT2D eigenvalue weighted by Crippen LogP contribution is -3.29. The van der Waals surface area contributed by atoms with E-state index >= 15 is 0 Å². The smallest absolute Gasteiger partial charge is 0.127 e. The summed E-state index contributed by atoms with van der Waals surface area (Å²) >= 11 is 0. The van der Waals surface area contributed by atoms with Crippen molar-refractivity contribution in [2.75, 3.05) is 26.2 Å². The molecule has 2 aliphatic rings. The van der Waals surface area contributed by atoms with Gasteiger partial charge >= 0.3 is 0 Å². The van der Waals surface area contributed by atoms with Gasteiger partial charge in [-0.25, -0.2) is 0 Å². The molecule has 0 amide bonds. The summed E-state index contributed by atoms with van der Waals surface area (Å²) in [6.07, 6.45) is 5.94. The number of rotatable bonds is 3. The third-order valence-corrected chi connectivity index (χ3v) is 5.11. The fourth-order valence-corrected chi connectivity index (χ4v) is 3.84. The van der Waals surface area contributed by atoms with Crippen LogP contribution in [0.1, 0.15) is 36.8 Å². The highest BCUT2D eigenvalue weighted by Gasteiger charge is 2.31. The number of quaternary nitrogens is 2. The molecule has 19 heavy (non-hydrogen) atoms. The van der Waals surface area contributed by atoms with Gasteiger partial charge in [-0.3, -0.25) is 0 Å². The third kappa shape index (κ3) is 3.37. The monoisotopic (exact) mass is 260 g/mol. The van der Waals surface area contributed by atoms with Crippen LogP contribution in [0.2, 0.25) is 0 Å². The molecule has 2 N–H and O–H groups in total. The zero-order chi connectivity index (χ0) is 13.1. The van der Waals surface area contributed by atoms with Crippen molar-refractivity contribution in [1.29, 1.82) is 0 Å². The maximum absolute atomic E-state index is 2.30. The zero-order valence-electron chi connectivity index (χ0n) is 12.3. The van der Waals surface area contributed by atoms with Crippen LogP contribution in [-0.4, -0.2) is 32.2 Å². The Morgan fingerprint density at radius 3 is 2.21 bits per heavy atom. The molecule has 0 bridgehead atoms. The van der Waals surface area contributed by atoms with Crippen molar-refractivity contribution in [1.82, 2.24) is 0 Å². The number of aryl methyl sites for hydroxylation is 1. The normalized spacial score (nSPS) is 28.7. The number of piperazine rings is 1. The van der Waals surface area contributed by atoms with E-state index in [1.807, 2.05) is 4.90 Å². The fourth-order valence-electron chi connectivity index (χ4n) is 3.84. The van der Waals surface area contributed by atoms with Crippen LogP contribution < -0.4 is 9.80 Å². The summed E-state index contributed by atoms with van der Waals surface area (Å²) < 4.78 is 0. The molecule has 1 aliphatic heterocycles. The molecule has 2 nitrogen and oxygen atoms in total. The Morgan fingerprint density at radius 1 is 0.947 bits per heavy atom. The van der Waals surface area contributed by atoms with Crippen molar-refractivity contribution < 1.29 is 9.80 Å². The topological polar surface area (TPSA) is 8.88 Å². The molecule has 104 valence electrons. The minimum Gasteiger partial charge on any atom is -0.323 e. The van der Waals surface area contributed by atoms with Gasteiger partial charge in [0.1, 0.15) is 32.7 Å². The lowest BCUT2D eigenvalue weighted by atomic mass is 10.1. The van der Waals surface area contributed by atoms with E-state index in [9.17, 15) is 0 Å². The summed E-state index contributed by atoms with van der Waals surface area (Å²) in [4.78, 5) is 3.69. The minimum absolute atomic E-state index is 1.00. The van der Waals surface area contributed by atoms with Crippen LogP contribution in [0, 0.1) is 6.92 Å². The Balaban J connectivity index is 1.48. The molecular formula is C17H28N2+2. The predicted octanol–water partition coefficient (Wildman–Crippen LogP) is 0.221. The van der Waals surface area contributed by atoms with E-state index in [0.29, 0.717) is 0 Å². The minimum atomic E-state index is 1.00. The van der Waals surface area contributed by atoms with Crippen molar-refractivity contribution >= 4 is 0 Å². The molecular weight excluding hydrogens is 232 g/mol. The summed E-state index contributed by atoms with van der Waals surface area (Å²) in [5, 5.41) is 0. The highest BCUT2D eigenvalue weighted by atomic mass is 15.3. The molecule has 1 saturated heterocycles. The van der Waals surface area contributed by atoms with E-state index in [1.165, 1.54) is 69.5 Å². The first-order valence-electron chi connectivity index (χ1n) is 8.05. The standard InChI is InChI=1S/C17H26N2/c1-15-6-8-16(9-7-15)14-18-10-12-19(13-11-18)17-4-2-3-5-17/h6-9,17H,2-5,10-14H2,1H3/p+2. The van der Waals surface area contributed by atoms with Gasteiger partial charge in [-0.1, -0.05) is 29.8 Å². The lowest BCUT2D eigenvalue weighted by molar-refractivity contribution is -1.03. The molecule has 1 heterocycles. The van der Waals surface area contributed by atoms with Crippen LogP contribution in [0.25, 0.3) is 0 Å². The zero-order valence-corrected chi connectivity index (χ0v) is 12.3. The van der Waals surface area contributed by atoms with Crippen LogP contribution in [0.4, 0.5) is 0 Å². The molecule has 2 fully saturated rings. The van der Waals surface area contributed by atoms with Gasteiger partial charge in [0.25, 0.3) is 0 Å². The number of hydrogen-bond donors (Lipinski definition) is 2. The number of hydrogen-bond acceptors (Lipinski definition) is 0. The van der Waals surface area contributed by atoms with Crippen LogP contribution in [0.3, 0.4) is 0 Å². The van der Waals surface area contributed by atoms with E-state index < -0.39 is 0 Å². The van der Waals surface area contributed by atoms with Crippen LogP contribution >= 0.6 is 0 Å². The van der Waals surface area contributed by atoms with Gasteiger partial charge in [0, 0.05) is 5.56 Å². The molecule has 1 aromatic rings. The highest BCUT2D eigenvalue weighted by Crippen LogP contribution is 2.15. The van der Waals surface area contributed by atoms with Gasteiger partial charge in [0.15, 0.2) is 0 Å².